The van der Waals surface area contributed by atoms with Crippen molar-refractivity contribution in [3.05, 3.63) is 12.2 Å². The number of allylic oxidation sites excluding steroid dienone is 1. The molecule has 0 amide bonds. The minimum absolute atomic E-state index is 0.439. The maximum absolute atomic E-state index is 5.49. The van der Waals surface area contributed by atoms with Crippen LogP contribution in [0.15, 0.2) is 12.2 Å². The van der Waals surface area contributed by atoms with Gasteiger partial charge in [0.2, 0.25) is 0 Å². The van der Waals surface area contributed by atoms with Crippen LogP contribution in [-0.2, 0) is 4.74 Å². The molecule has 0 aromatic rings. The second-order valence-electron chi connectivity index (χ2n) is 4.22. The number of hydrogen-bond donors (Lipinski definition) is 0. The number of ether oxygens (including phenoxy) is 1. The quantitative estimate of drug-likeness (QED) is 0.432. The van der Waals surface area contributed by atoms with Crippen LogP contribution in [0.2, 0.25) is 0 Å². The van der Waals surface area contributed by atoms with E-state index >= 15 is 0 Å². The Morgan fingerprint density at radius 3 is 2.38 bits per heavy atom. The Morgan fingerprint density at radius 2 is 1.85 bits per heavy atom. The zero-order chi connectivity index (χ0) is 10.2. The fraction of sp³-hybridized carbons (Fsp3) is 0.833. The molecule has 0 radical (unpaired) electrons. The van der Waals surface area contributed by atoms with E-state index in [2.05, 4.69) is 39.8 Å². The minimum atomic E-state index is 0.439. The first-order chi connectivity index (χ1) is 6.12. The first-order valence-electron chi connectivity index (χ1n) is 5.35. The van der Waals surface area contributed by atoms with Crippen LogP contribution >= 0.6 is 0 Å². The van der Waals surface area contributed by atoms with Crippen LogP contribution in [0.3, 0.4) is 0 Å². The SMILES string of the molecule is CC/C=C\COCCC(C)(C)CC. The minimum Gasteiger partial charge on any atom is -0.377 e. The van der Waals surface area contributed by atoms with Gasteiger partial charge < -0.3 is 4.74 Å². The van der Waals surface area contributed by atoms with E-state index in [-0.39, 0.29) is 0 Å². The highest BCUT2D eigenvalue weighted by Gasteiger charge is 2.13. The highest BCUT2D eigenvalue weighted by molar-refractivity contribution is 4.79. The van der Waals surface area contributed by atoms with Crippen LogP contribution in [0.25, 0.3) is 0 Å². The molecular weight excluding hydrogens is 160 g/mol. The first kappa shape index (κ1) is 12.7. The van der Waals surface area contributed by atoms with Crippen molar-refractivity contribution in [1.29, 1.82) is 0 Å². The lowest BCUT2D eigenvalue weighted by Crippen LogP contribution is -2.13. The molecule has 0 saturated heterocycles. The maximum atomic E-state index is 5.49. The Kier molecular flexibility index (Phi) is 6.97. The van der Waals surface area contributed by atoms with E-state index in [1.54, 1.807) is 0 Å². The molecule has 0 aliphatic rings. The van der Waals surface area contributed by atoms with E-state index in [0.717, 1.165) is 26.1 Å². The molecule has 78 valence electrons. The van der Waals surface area contributed by atoms with Crippen molar-refractivity contribution in [3.8, 4) is 0 Å². The number of hydrogen-bond acceptors (Lipinski definition) is 1. The van der Waals surface area contributed by atoms with E-state index in [0.29, 0.717) is 5.41 Å². The first-order valence-corrected chi connectivity index (χ1v) is 5.35. The fourth-order valence-electron chi connectivity index (χ4n) is 0.911. The van der Waals surface area contributed by atoms with E-state index < -0.39 is 0 Å². The Labute approximate surface area is 83.2 Å². The standard InChI is InChI=1S/C12H24O/c1-5-7-8-10-13-11-9-12(3,4)6-2/h7-8H,5-6,9-11H2,1-4H3/b8-7-. The molecule has 0 aliphatic heterocycles. The molecule has 0 heterocycles. The van der Waals surface area contributed by atoms with Gasteiger partial charge in [0, 0.05) is 6.61 Å². The van der Waals surface area contributed by atoms with E-state index in [1.807, 2.05) is 0 Å². The smallest absolute Gasteiger partial charge is 0.0647 e. The highest BCUT2D eigenvalue weighted by atomic mass is 16.5. The van der Waals surface area contributed by atoms with Crippen LogP contribution in [0.4, 0.5) is 0 Å². The van der Waals surface area contributed by atoms with Gasteiger partial charge in [0.25, 0.3) is 0 Å². The molecule has 0 N–H and O–H groups in total. The largest absolute Gasteiger partial charge is 0.377 e. The average Bonchev–Trinajstić information content (AvgIpc) is 2.11. The lowest BCUT2D eigenvalue weighted by molar-refractivity contribution is 0.124. The summed E-state index contributed by atoms with van der Waals surface area (Å²) in [5, 5.41) is 0. The summed E-state index contributed by atoms with van der Waals surface area (Å²) in [6, 6.07) is 0. The third-order valence-corrected chi connectivity index (χ3v) is 2.50. The lowest BCUT2D eigenvalue weighted by Gasteiger charge is -2.21. The molecule has 0 saturated carbocycles. The van der Waals surface area contributed by atoms with Gasteiger partial charge in [0.15, 0.2) is 0 Å². The number of rotatable bonds is 7. The molecule has 13 heavy (non-hydrogen) atoms. The molecule has 0 aromatic carbocycles. The van der Waals surface area contributed by atoms with Gasteiger partial charge in [0.1, 0.15) is 0 Å². The third kappa shape index (κ3) is 8.04. The van der Waals surface area contributed by atoms with Gasteiger partial charge in [-0.15, -0.1) is 0 Å². The van der Waals surface area contributed by atoms with Gasteiger partial charge in [-0.05, 0) is 18.3 Å². The summed E-state index contributed by atoms with van der Waals surface area (Å²) >= 11 is 0. The fourth-order valence-corrected chi connectivity index (χ4v) is 0.911. The molecule has 0 spiro atoms. The summed E-state index contributed by atoms with van der Waals surface area (Å²) in [7, 11) is 0. The van der Waals surface area contributed by atoms with Crippen molar-refractivity contribution in [1.82, 2.24) is 0 Å². The van der Waals surface area contributed by atoms with Gasteiger partial charge in [-0.3, -0.25) is 0 Å². The summed E-state index contributed by atoms with van der Waals surface area (Å²) in [5.41, 5.74) is 0.439. The monoisotopic (exact) mass is 184 g/mol. The summed E-state index contributed by atoms with van der Waals surface area (Å²) in [4.78, 5) is 0. The third-order valence-electron chi connectivity index (χ3n) is 2.50. The van der Waals surface area contributed by atoms with Gasteiger partial charge in [-0.2, -0.15) is 0 Å². The molecular formula is C12H24O. The maximum Gasteiger partial charge on any atom is 0.0647 e. The molecule has 0 aliphatic carbocycles. The van der Waals surface area contributed by atoms with Crippen molar-refractivity contribution < 1.29 is 4.74 Å². The van der Waals surface area contributed by atoms with Crippen LogP contribution in [0.5, 0.6) is 0 Å². The predicted octanol–water partition coefficient (Wildman–Crippen LogP) is 3.80. The van der Waals surface area contributed by atoms with Gasteiger partial charge >= 0.3 is 0 Å². The molecule has 0 unspecified atom stereocenters. The van der Waals surface area contributed by atoms with Crippen LogP contribution in [-0.4, -0.2) is 13.2 Å². The van der Waals surface area contributed by atoms with Crippen molar-refractivity contribution in [2.24, 2.45) is 5.41 Å². The molecule has 0 aromatic heterocycles. The van der Waals surface area contributed by atoms with Crippen LogP contribution in [0, 0.1) is 5.41 Å². The van der Waals surface area contributed by atoms with Gasteiger partial charge in [-0.25, -0.2) is 0 Å². The predicted molar refractivity (Wildman–Crippen MR) is 58.9 cm³/mol. The van der Waals surface area contributed by atoms with Crippen molar-refractivity contribution in [3.63, 3.8) is 0 Å². The normalized spacial score (nSPS) is 12.6. The van der Waals surface area contributed by atoms with E-state index in [4.69, 9.17) is 4.74 Å². The van der Waals surface area contributed by atoms with Crippen molar-refractivity contribution in [2.75, 3.05) is 13.2 Å². The summed E-state index contributed by atoms with van der Waals surface area (Å²) in [6.07, 6.45) is 7.72. The summed E-state index contributed by atoms with van der Waals surface area (Å²) in [6.45, 7) is 10.6. The van der Waals surface area contributed by atoms with E-state index in [9.17, 15) is 0 Å². The molecule has 0 atom stereocenters. The summed E-state index contributed by atoms with van der Waals surface area (Å²) < 4.78 is 5.49. The lowest BCUT2D eigenvalue weighted by atomic mass is 9.87. The van der Waals surface area contributed by atoms with Crippen molar-refractivity contribution >= 4 is 0 Å². The molecule has 1 heteroatoms. The Morgan fingerprint density at radius 1 is 1.15 bits per heavy atom. The van der Waals surface area contributed by atoms with E-state index in [1.165, 1.54) is 6.42 Å². The average molecular weight is 184 g/mol. The Hall–Kier alpha value is -0.300. The second kappa shape index (κ2) is 7.14. The van der Waals surface area contributed by atoms with Gasteiger partial charge in [-0.1, -0.05) is 46.3 Å². The zero-order valence-corrected chi connectivity index (χ0v) is 9.60. The molecule has 0 bridgehead atoms. The zero-order valence-electron chi connectivity index (χ0n) is 9.60. The van der Waals surface area contributed by atoms with Gasteiger partial charge in [0.05, 0.1) is 6.61 Å². The molecule has 1 nitrogen and oxygen atoms in total. The highest BCUT2D eigenvalue weighted by Crippen LogP contribution is 2.23. The van der Waals surface area contributed by atoms with Crippen LogP contribution in [0.1, 0.15) is 47.0 Å². The topological polar surface area (TPSA) is 9.23 Å². The Balaban J connectivity index is 3.30. The Bertz CT molecular complexity index is 136. The second-order valence-corrected chi connectivity index (χ2v) is 4.22. The van der Waals surface area contributed by atoms with Crippen LogP contribution < -0.4 is 0 Å². The molecule has 0 rings (SSSR count). The molecule has 0 fully saturated rings. The summed E-state index contributed by atoms with van der Waals surface area (Å²) in [5.74, 6) is 0. The van der Waals surface area contributed by atoms with Crippen molar-refractivity contribution in [2.45, 2.75) is 47.0 Å².